The molecule has 2 aromatic carbocycles. The van der Waals surface area contributed by atoms with Crippen LogP contribution >= 0.6 is 0 Å². The van der Waals surface area contributed by atoms with Crippen LogP contribution in [0.2, 0.25) is 0 Å². The molecule has 0 aromatic heterocycles. The average Bonchev–Trinajstić information content (AvgIpc) is 2.95. The van der Waals surface area contributed by atoms with Gasteiger partial charge in [-0.3, -0.25) is 0 Å². The molecule has 0 heterocycles. The van der Waals surface area contributed by atoms with E-state index in [1.807, 2.05) is 30.3 Å². The number of aryl methyl sites for hydroxylation is 1. The molecule has 0 saturated heterocycles. The van der Waals surface area contributed by atoms with Gasteiger partial charge in [0.05, 0.1) is 12.2 Å². The van der Waals surface area contributed by atoms with E-state index in [0.29, 0.717) is 17.9 Å². The van der Waals surface area contributed by atoms with E-state index in [0.717, 1.165) is 36.8 Å². The highest BCUT2D eigenvalue weighted by molar-refractivity contribution is 5.91. The van der Waals surface area contributed by atoms with E-state index in [1.54, 1.807) is 12.1 Å². The SMILES string of the molecule is C=CCCCCCCCCCOc1ccc(C(=O)Oc2ccc(CC[C@H]3CC[C@H](CCC)CC3)cc2)cc1. The molecule has 3 rings (SSSR count). The van der Waals surface area contributed by atoms with Crippen LogP contribution in [0.15, 0.2) is 61.2 Å². The zero-order valence-corrected chi connectivity index (χ0v) is 23.8. The summed E-state index contributed by atoms with van der Waals surface area (Å²) in [6, 6.07) is 15.3. The Bertz CT molecular complexity index is 907. The molecule has 3 nitrogen and oxygen atoms in total. The van der Waals surface area contributed by atoms with E-state index in [1.165, 1.54) is 89.0 Å². The first kappa shape index (κ1) is 30.0. The Balaban J connectivity index is 1.29. The van der Waals surface area contributed by atoms with Crippen LogP contribution in [0.3, 0.4) is 0 Å². The number of benzene rings is 2. The Labute approximate surface area is 232 Å². The molecule has 1 saturated carbocycles. The lowest BCUT2D eigenvalue weighted by molar-refractivity contribution is 0.0734. The van der Waals surface area contributed by atoms with Crippen LogP contribution in [0.25, 0.3) is 0 Å². The van der Waals surface area contributed by atoms with Crippen LogP contribution in [-0.4, -0.2) is 12.6 Å². The summed E-state index contributed by atoms with van der Waals surface area (Å²) in [4.78, 5) is 12.6. The minimum absolute atomic E-state index is 0.332. The number of ether oxygens (including phenoxy) is 2. The number of hydrogen-bond donors (Lipinski definition) is 0. The molecular weight excluding hydrogens is 468 g/mol. The maximum Gasteiger partial charge on any atom is 0.343 e. The second-order valence-corrected chi connectivity index (χ2v) is 11.2. The first-order valence-electron chi connectivity index (χ1n) is 15.3. The van der Waals surface area contributed by atoms with Crippen molar-refractivity contribution in [2.45, 2.75) is 110 Å². The van der Waals surface area contributed by atoms with Gasteiger partial charge in [0.25, 0.3) is 0 Å². The molecule has 0 aliphatic heterocycles. The van der Waals surface area contributed by atoms with Gasteiger partial charge >= 0.3 is 5.97 Å². The molecule has 2 aromatic rings. The van der Waals surface area contributed by atoms with Crippen molar-refractivity contribution in [1.29, 1.82) is 0 Å². The maximum atomic E-state index is 12.6. The predicted molar refractivity (Wildman–Crippen MR) is 159 cm³/mol. The van der Waals surface area contributed by atoms with Gasteiger partial charge in [0.2, 0.25) is 0 Å². The molecule has 1 fully saturated rings. The van der Waals surface area contributed by atoms with Gasteiger partial charge in [0.15, 0.2) is 0 Å². The normalized spacial score (nSPS) is 17.2. The molecule has 38 heavy (non-hydrogen) atoms. The van der Waals surface area contributed by atoms with Gasteiger partial charge in [0, 0.05) is 0 Å². The molecule has 0 atom stereocenters. The molecule has 0 unspecified atom stereocenters. The number of unbranched alkanes of at least 4 members (excludes halogenated alkanes) is 7. The number of esters is 1. The van der Waals surface area contributed by atoms with Gasteiger partial charge in [-0.1, -0.05) is 95.8 Å². The van der Waals surface area contributed by atoms with Crippen molar-refractivity contribution in [1.82, 2.24) is 0 Å². The number of carbonyl (C=O) groups excluding carboxylic acids is 1. The predicted octanol–water partition coefficient (Wildman–Crippen LogP) is 10.1. The Kier molecular flexibility index (Phi) is 14.1. The zero-order valence-electron chi connectivity index (χ0n) is 23.8. The third kappa shape index (κ3) is 11.5. The van der Waals surface area contributed by atoms with E-state index in [-0.39, 0.29) is 5.97 Å². The van der Waals surface area contributed by atoms with Gasteiger partial charge in [-0.05, 0) is 85.9 Å². The van der Waals surface area contributed by atoms with E-state index in [9.17, 15) is 4.79 Å². The minimum Gasteiger partial charge on any atom is -0.494 e. The smallest absolute Gasteiger partial charge is 0.343 e. The standard InChI is InChI=1S/C35H50O3/c1-3-5-6-7-8-9-10-11-12-28-37-33-26-22-32(23-27-33)35(36)38-34-24-20-31(21-25-34)19-18-30-16-14-29(13-4-2)15-17-30/h3,20-27,29-30H,1,4-19,28H2,2H3/t29-,30-. The molecule has 0 bridgehead atoms. The molecule has 1 aliphatic rings. The quantitative estimate of drug-likeness (QED) is 0.0852. The fourth-order valence-electron chi connectivity index (χ4n) is 5.63. The minimum atomic E-state index is -0.332. The zero-order chi connectivity index (χ0) is 26.8. The van der Waals surface area contributed by atoms with Crippen molar-refractivity contribution >= 4 is 5.97 Å². The molecule has 1 aliphatic carbocycles. The molecule has 0 amide bonds. The number of rotatable bonds is 18. The van der Waals surface area contributed by atoms with E-state index >= 15 is 0 Å². The number of hydrogen-bond acceptors (Lipinski definition) is 3. The third-order valence-electron chi connectivity index (χ3n) is 8.05. The van der Waals surface area contributed by atoms with Crippen molar-refractivity contribution in [3.63, 3.8) is 0 Å². The molecule has 0 N–H and O–H groups in total. The lowest BCUT2D eigenvalue weighted by atomic mass is 9.78. The topological polar surface area (TPSA) is 35.5 Å². The summed E-state index contributed by atoms with van der Waals surface area (Å²) in [5.41, 5.74) is 1.86. The monoisotopic (exact) mass is 518 g/mol. The molecule has 0 radical (unpaired) electrons. The first-order valence-corrected chi connectivity index (χ1v) is 15.3. The molecule has 3 heteroatoms. The third-order valence-corrected chi connectivity index (χ3v) is 8.05. The molecule has 0 spiro atoms. The summed E-state index contributed by atoms with van der Waals surface area (Å²) in [5.74, 6) is 2.90. The number of carbonyl (C=O) groups is 1. The second-order valence-electron chi connectivity index (χ2n) is 11.2. The first-order chi connectivity index (χ1) is 18.7. The van der Waals surface area contributed by atoms with Crippen LogP contribution in [0.5, 0.6) is 11.5 Å². The van der Waals surface area contributed by atoms with Gasteiger partial charge in [-0.15, -0.1) is 6.58 Å². The van der Waals surface area contributed by atoms with Gasteiger partial charge in [-0.2, -0.15) is 0 Å². The van der Waals surface area contributed by atoms with Gasteiger partial charge in [0.1, 0.15) is 11.5 Å². The van der Waals surface area contributed by atoms with E-state index in [2.05, 4.69) is 25.6 Å². The van der Waals surface area contributed by atoms with Crippen LogP contribution in [-0.2, 0) is 6.42 Å². The van der Waals surface area contributed by atoms with Crippen LogP contribution in [0.1, 0.15) is 119 Å². The molecular formula is C35H50O3. The van der Waals surface area contributed by atoms with Gasteiger partial charge in [-0.25, -0.2) is 4.79 Å². The lowest BCUT2D eigenvalue weighted by Gasteiger charge is -2.28. The second kappa shape index (κ2) is 17.9. The van der Waals surface area contributed by atoms with Crippen LogP contribution in [0, 0.1) is 11.8 Å². The summed E-state index contributed by atoms with van der Waals surface area (Å²) in [5, 5.41) is 0. The maximum absolute atomic E-state index is 12.6. The van der Waals surface area contributed by atoms with E-state index in [4.69, 9.17) is 9.47 Å². The Morgan fingerprint density at radius 3 is 2.00 bits per heavy atom. The summed E-state index contributed by atoms with van der Waals surface area (Å²) in [6.07, 6.45) is 22.6. The Hall–Kier alpha value is -2.55. The Morgan fingerprint density at radius 2 is 1.37 bits per heavy atom. The average molecular weight is 519 g/mol. The van der Waals surface area contributed by atoms with Gasteiger partial charge < -0.3 is 9.47 Å². The van der Waals surface area contributed by atoms with Crippen LogP contribution in [0.4, 0.5) is 0 Å². The van der Waals surface area contributed by atoms with Crippen LogP contribution < -0.4 is 9.47 Å². The van der Waals surface area contributed by atoms with E-state index < -0.39 is 0 Å². The molecule has 208 valence electrons. The summed E-state index contributed by atoms with van der Waals surface area (Å²) >= 11 is 0. The summed E-state index contributed by atoms with van der Waals surface area (Å²) in [6.45, 7) is 6.79. The highest BCUT2D eigenvalue weighted by atomic mass is 16.5. The summed E-state index contributed by atoms with van der Waals surface area (Å²) < 4.78 is 11.5. The largest absolute Gasteiger partial charge is 0.494 e. The highest BCUT2D eigenvalue weighted by Gasteiger charge is 2.20. The lowest BCUT2D eigenvalue weighted by Crippen LogP contribution is -2.15. The highest BCUT2D eigenvalue weighted by Crippen LogP contribution is 2.34. The van der Waals surface area contributed by atoms with Crippen molar-refractivity contribution in [2.75, 3.05) is 6.61 Å². The van der Waals surface area contributed by atoms with Crippen molar-refractivity contribution < 1.29 is 14.3 Å². The van der Waals surface area contributed by atoms with Crippen molar-refractivity contribution in [3.8, 4) is 11.5 Å². The van der Waals surface area contributed by atoms with Crippen molar-refractivity contribution in [3.05, 3.63) is 72.3 Å². The number of allylic oxidation sites excluding steroid dienone is 1. The fraction of sp³-hybridized carbons (Fsp3) is 0.571. The van der Waals surface area contributed by atoms with Crippen molar-refractivity contribution in [2.24, 2.45) is 11.8 Å². The fourth-order valence-corrected chi connectivity index (χ4v) is 5.63. The Morgan fingerprint density at radius 1 is 0.789 bits per heavy atom. The summed E-state index contributed by atoms with van der Waals surface area (Å²) in [7, 11) is 0.